The van der Waals surface area contributed by atoms with Gasteiger partial charge in [0.15, 0.2) is 5.78 Å². The number of nitro groups is 1. The number of hydrogen-bond acceptors (Lipinski definition) is 5. The first-order valence-electron chi connectivity index (χ1n) is 7.65. The first-order valence-corrected chi connectivity index (χ1v) is 8.03. The molecular formula is C17H15BClNO5. The molecule has 0 spiro atoms. The number of carbonyl (C=O) groups is 1. The zero-order valence-corrected chi connectivity index (χ0v) is 14.4. The molecule has 0 saturated carbocycles. The lowest BCUT2D eigenvalue weighted by Gasteiger charge is -2.19. The lowest BCUT2D eigenvalue weighted by atomic mass is 9.77. The van der Waals surface area contributed by atoms with Crippen LogP contribution in [0.2, 0.25) is 5.02 Å². The number of hydrogen-bond donors (Lipinski definition) is 1. The zero-order valence-electron chi connectivity index (χ0n) is 13.7. The van der Waals surface area contributed by atoms with E-state index in [4.69, 9.17) is 16.3 Å². The number of Topliss-reactive ketones (excluding diaryl/α,β-unsaturated/α-hetero) is 1. The lowest BCUT2D eigenvalue weighted by Crippen LogP contribution is -2.29. The molecule has 1 aliphatic rings. The molecule has 0 aromatic heterocycles. The van der Waals surface area contributed by atoms with Gasteiger partial charge in [-0.25, -0.2) is 0 Å². The summed E-state index contributed by atoms with van der Waals surface area (Å²) in [6.45, 7) is 3.73. The van der Waals surface area contributed by atoms with Crippen LogP contribution in [0.5, 0.6) is 0 Å². The smallest absolute Gasteiger partial charge is 0.423 e. The molecule has 2 aromatic rings. The number of carbonyl (C=O) groups excluding carboxylic acids is 1. The van der Waals surface area contributed by atoms with Gasteiger partial charge in [-0.3, -0.25) is 14.9 Å². The van der Waals surface area contributed by atoms with E-state index >= 15 is 0 Å². The van der Waals surface area contributed by atoms with E-state index in [1.807, 2.05) is 19.9 Å². The van der Waals surface area contributed by atoms with Crippen molar-refractivity contribution in [3.05, 3.63) is 68.2 Å². The Labute approximate surface area is 149 Å². The van der Waals surface area contributed by atoms with Gasteiger partial charge in [0.05, 0.1) is 15.5 Å². The second kappa shape index (κ2) is 6.26. The van der Waals surface area contributed by atoms with Crippen molar-refractivity contribution < 1.29 is 19.4 Å². The fourth-order valence-electron chi connectivity index (χ4n) is 3.01. The second-order valence-corrected chi connectivity index (χ2v) is 6.83. The van der Waals surface area contributed by atoms with Crippen molar-refractivity contribution in [3.8, 4) is 0 Å². The molecule has 0 bridgehead atoms. The van der Waals surface area contributed by atoms with Gasteiger partial charge in [0.2, 0.25) is 0 Å². The number of benzene rings is 2. The molecule has 1 aliphatic heterocycles. The Morgan fingerprint density at radius 3 is 2.68 bits per heavy atom. The molecule has 128 valence electrons. The molecule has 0 unspecified atom stereocenters. The molecule has 2 aromatic carbocycles. The maximum atomic E-state index is 12.5. The minimum absolute atomic E-state index is 0.0462. The van der Waals surface area contributed by atoms with Crippen molar-refractivity contribution in [1.82, 2.24) is 0 Å². The molecule has 3 rings (SSSR count). The second-order valence-electron chi connectivity index (χ2n) is 6.42. The third kappa shape index (κ3) is 3.31. The van der Waals surface area contributed by atoms with Crippen molar-refractivity contribution >= 4 is 35.7 Å². The van der Waals surface area contributed by atoms with E-state index in [2.05, 4.69) is 0 Å². The Morgan fingerprint density at radius 1 is 1.32 bits per heavy atom. The van der Waals surface area contributed by atoms with Crippen LogP contribution in [0.15, 0.2) is 36.4 Å². The van der Waals surface area contributed by atoms with Crippen molar-refractivity contribution in [2.24, 2.45) is 0 Å². The molecule has 1 heterocycles. The Balaban J connectivity index is 1.85. The van der Waals surface area contributed by atoms with E-state index in [0.717, 1.165) is 11.6 Å². The first-order chi connectivity index (χ1) is 11.7. The third-order valence-corrected chi connectivity index (χ3v) is 4.58. The van der Waals surface area contributed by atoms with Crippen molar-refractivity contribution in [3.63, 3.8) is 0 Å². The molecule has 0 amide bonds. The number of ketones is 1. The minimum Gasteiger partial charge on any atom is -0.423 e. The lowest BCUT2D eigenvalue weighted by molar-refractivity contribution is -0.384. The topological polar surface area (TPSA) is 89.7 Å². The quantitative estimate of drug-likeness (QED) is 0.392. The summed E-state index contributed by atoms with van der Waals surface area (Å²) in [5, 5.41) is 20.8. The van der Waals surface area contributed by atoms with Gasteiger partial charge in [-0.05, 0) is 36.5 Å². The van der Waals surface area contributed by atoms with E-state index in [0.29, 0.717) is 11.0 Å². The highest BCUT2D eigenvalue weighted by Gasteiger charge is 2.40. The van der Waals surface area contributed by atoms with Crippen molar-refractivity contribution in [2.75, 3.05) is 0 Å². The number of halogens is 1. The van der Waals surface area contributed by atoms with Crippen LogP contribution >= 0.6 is 11.6 Å². The summed E-state index contributed by atoms with van der Waals surface area (Å²) in [7, 11) is -1.02. The van der Waals surface area contributed by atoms with E-state index < -0.39 is 17.6 Å². The SMILES string of the molecule is CC1(C)OB(O)c2cc(CC(=O)c3ccc([N+](=O)[O-])cc3Cl)ccc21. The Hall–Kier alpha value is -2.22. The number of nitrogens with zero attached hydrogens (tertiary/aromatic N) is 1. The highest BCUT2D eigenvalue weighted by atomic mass is 35.5. The Bertz CT molecular complexity index is 883. The predicted molar refractivity (Wildman–Crippen MR) is 94.3 cm³/mol. The van der Waals surface area contributed by atoms with E-state index in [1.165, 1.54) is 12.1 Å². The van der Waals surface area contributed by atoms with Gasteiger partial charge in [0, 0.05) is 24.1 Å². The monoisotopic (exact) mass is 359 g/mol. The van der Waals surface area contributed by atoms with Crippen LogP contribution in [0.25, 0.3) is 0 Å². The van der Waals surface area contributed by atoms with Gasteiger partial charge in [-0.2, -0.15) is 0 Å². The summed E-state index contributed by atoms with van der Waals surface area (Å²) in [6.07, 6.45) is 0.0674. The maximum absolute atomic E-state index is 12.5. The first kappa shape index (κ1) is 17.6. The van der Waals surface area contributed by atoms with Gasteiger partial charge in [-0.1, -0.05) is 29.8 Å². The number of fused-ring (bicyclic) bond motifs is 1. The molecule has 0 saturated heterocycles. The largest absolute Gasteiger partial charge is 0.492 e. The number of rotatable bonds is 4. The van der Waals surface area contributed by atoms with Gasteiger partial charge >= 0.3 is 7.12 Å². The molecular weight excluding hydrogens is 344 g/mol. The minimum atomic E-state index is -1.02. The molecule has 0 fully saturated rings. The van der Waals surface area contributed by atoms with Crippen LogP contribution in [-0.2, 0) is 16.7 Å². The molecule has 8 heteroatoms. The number of nitro benzene ring substituents is 1. The average molecular weight is 360 g/mol. The highest BCUT2D eigenvalue weighted by Crippen LogP contribution is 2.30. The fraction of sp³-hybridized carbons (Fsp3) is 0.235. The molecule has 0 radical (unpaired) electrons. The highest BCUT2D eigenvalue weighted by molar-refractivity contribution is 6.62. The summed E-state index contributed by atoms with van der Waals surface area (Å²) in [4.78, 5) is 22.7. The molecule has 6 nitrogen and oxygen atoms in total. The fourth-order valence-corrected chi connectivity index (χ4v) is 3.29. The van der Waals surface area contributed by atoms with Gasteiger partial charge < -0.3 is 9.68 Å². The van der Waals surface area contributed by atoms with Crippen LogP contribution in [0.1, 0.15) is 35.3 Å². The summed E-state index contributed by atoms with van der Waals surface area (Å²) in [6, 6.07) is 9.16. The van der Waals surface area contributed by atoms with Gasteiger partial charge in [0.25, 0.3) is 5.69 Å². The third-order valence-electron chi connectivity index (χ3n) is 4.27. The van der Waals surface area contributed by atoms with Crippen molar-refractivity contribution in [1.29, 1.82) is 0 Å². The standard InChI is InChI=1S/C17H15BClNO5/c1-17(2)13-6-3-10(7-14(13)18(22)25-17)8-16(21)12-5-4-11(20(23)24)9-15(12)19/h3-7,9,22H,8H2,1-2H3. The average Bonchev–Trinajstić information content (AvgIpc) is 2.76. The van der Waals surface area contributed by atoms with Gasteiger partial charge in [0.1, 0.15) is 0 Å². The van der Waals surface area contributed by atoms with E-state index in [9.17, 15) is 19.9 Å². The maximum Gasteiger partial charge on any atom is 0.492 e. The van der Waals surface area contributed by atoms with Crippen LogP contribution in [0.3, 0.4) is 0 Å². The van der Waals surface area contributed by atoms with Crippen LogP contribution < -0.4 is 5.46 Å². The van der Waals surface area contributed by atoms with E-state index in [1.54, 1.807) is 12.1 Å². The van der Waals surface area contributed by atoms with E-state index in [-0.39, 0.29) is 28.5 Å². The molecule has 1 N–H and O–H groups in total. The summed E-state index contributed by atoms with van der Waals surface area (Å²) in [5.41, 5.74) is 1.71. The summed E-state index contributed by atoms with van der Waals surface area (Å²) >= 11 is 6.00. The zero-order chi connectivity index (χ0) is 18.4. The Morgan fingerprint density at radius 2 is 2.04 bits per heavy atom. The van der Waals surface area contributed by atoms with Crippen molar-refractivity contribution in [2.45, 2.75) is 25.9 Å². The van der Waals surface area contributed by atoms with Gasteiger partial charge in [-0.15, -0.1) is 0 Å². The van der Waals surface area contributed by atoms with Crippen LogP contribution in [0, 0.1) is 10.1 Å². The Kier molecular flexibility index (Phi) is 4.41. The molecule has 0 atom stereocenters. The molecule has 0 aliphatic carbocycles. The predicted octanol–water partition coefficient (Wildman–Crippen LogP) is 2.63. The molecule has 25 heavy (non-hydrogen) atoms. The van der Waals surface area contributed by atoms with Crippen LogP contribution in [0.4, 0.5) is 5.69 Å². The normalized spacial score (nSPS) is 15.1. The number of non-ortho nitro benzene ring substituents is 1. The summed E-state index contributed by atoms with van der Waals surface area (Å²) in [5.74, 6) is -0.257. The van der Waals surface area contributed by atoms with Crippen LogP contribution in [-0.4, -0.2) is 22.8 Å². The summed E-state index contributed by atoms with van der Waals surface area (Å²) < 4.78 is 5.50.